The minimum Gasteiger partial charge on any atom is -0.399 e. The lowest BCUT2D eigenvalue weighted by atomic mass is 10.2. The smallest absolute Gasteiger partial charge is 0.127 e. The van der Waals surface area contributed by atoms with Gasteiger partial charge in [-0.15, -0.1) is 0 Å². The zero-order valence-corrected chi connectivity index (χ0v) is 11.0. The monoisotopic (exact) mass is 256 g/mol. The Hall–Kier alpha value is -1.33. The van der Waals surface area contributed by atoms with E-state index in [1.165, 1.54) is 12.1 Å². The third kappa shape index (κ3) is 4.89. The summed E-state index contributed by atoms with van der Waals surface area (Å²) in [4.78, 5) is 2.04. The molecule has 0 radical (unpaired) electrons. The molecule has 18 heavy (non-hydrogen) atoms. The summed E-state index contributed by atoms with van der Waals surface area (Å²) in [5, 5.41) is 0. The summed E-state index contributed by atoms with van der Waals surface area (Å²) in [5.41, 5.74) is 6.87. The largest absolute Gasteiger partial charge is 0.399 e. The first-order valence-electron chi connectivity index (χ1n) is 5.96. The van der Waals surface area contributed by atoms with Crippen LogP contribution in [0, 0.1) is 5.82 Å². The van der Waals surface area contributed by atoms with Gasteiger partial charge in [0.15, 0.2) is 0 Å². The Kier molecular flexibility index (Phi) is 6.46. The third-order valence-electron chi connectivity index (χ3n) is 2.61. The summed E-state index contributed by atoms with van der Waals surface area (Å²) in [7, 11) is 3.31. The van der Waals surface area contributed by atoms with Gasteiger partial charge in [0.05, 0.1) is 6.61 Å². The summed E-state index contributed by atoms with van der Waals surface area (Å²) in [6, 6.07) is 4.57. The summed E-state index contributed by atoms with van der Waals surface area (Å²) >= 11 is 0. The molecule has 0 fully saturated rings. The molecule has 4 nitrogen and oxygen atoms in total. The van der Waals surface area contributed by atoms with Crippen LogP contribution in [-0.2, 0) is 9.47 Å². The van der Waals surface area contributed by atoms with Crippen molar-refractivity contribution in [3.63, 3.8) is 0 Å². The van der Waals surface area contributed by atoms with Crippen molar-refractivity contribution in [1.82, 2.24) is 0 Å². The number of hydrogen-bond donors (Lipinski definition) is 1. The predicted octanol–water partition coefficient (Wildman–Crippen LogP) is 1.90. The van der Waals surface area contributed by atoms with E-state index < -0.39 is 0 Å². The number of rotatable bonds is 8. The summed E-state index contributed by atoms with van der Waals surface area (Å²) in [6.07, 6.45) is 0.872. The molecule has 0 aliphatic rings. The van der Waals surface area contributed by atoms with Gasteiger partial charge < -0.3 is 20.1 Å². The van der Waals surface area contributed by atoms with E-state index in [0.717, 1.165) is 18.7 Å². The van der Waals surface area contributed by atoms with Gasteiger partial charge in [-0.2, -0.15) is 0 Å². The standard InChI is InChI=1S/C13H21FN2O2/c1-17-6-3-4-16(5-7-18-2)13-9-11(14)8-12(15)10-13/h8-10H,3-7,15H2,1-2H3. The first-order valence-corrected chi connectivity index (χ1v) is 5.96. The third-order valence-corrected chi connectivity index (χ3v) is 2.61. The second kappa shape index (κ2) is 7.89. The van der Waals surface area contributed by atoms with Crippen molar-refractivity contribution < 1.29 is 13.9 Å². The molecular formula is C13H21FN2O2. The van der Waals surface area contributed by atoms with E-state index in [1.807, 2.05) is 4.90 Å². The van der Waals surface area contributed by atoms with Crippen LogP contribution in [0.2, 0.25) is 0 Å². The lowest BCUT2D eigenvalue weighted by Gasteiger charge is -2.24. The normalized spacial score (nSPS) is 10.6. The molecule has 0 saturated heterocycles. The van der Waals surface area contributed by atoms with Crippen molar-refractivity contribution in [3.8, 4) is 0 Å². The molecule has 1 aromatic rings. The highest BCUT2D eigenvalue weighted by molar-refractivity contribution is 5.56. The van der Waals surface area contributed by atoms with Crippen LogP contribution < -0.4 is 10.6 Å². The van der Waals surface area contributed by atoms with E-state index in [2.05, 4.69) is 0 Å². The van der Waals surface area contributed by atoms with Crippen LogP contribution in [-0.4, -0.2) is 40.5 Å². The fourth-order valence-electron chi connectivity index (χ4n) is 1.75. The lowest BCUT2D eigenvalue weighted by molar-refractivity contribution is 0.191. The second-order valence-corrected chi connectivity index (χ2v) is 4.07. The van der Waals surface area contributed by atoms with Crippen molar-refractivity contribution in [2.24, 2.45) is 0 Å². The van der Waals surface area contributed by atoms with Crippen LogP contribution in [0.15, 0.2) is 18.2 Å². The number of hydrogen-bond acceptors (Lipinski definition) is 4. The first-order chi connectivity index (χ1) is 8.67. The van der Waals surface area contributed by atoms with Gasteiger partial charge >= 0.3 is 0 Å². The molecule has 0 spiro atoms. The van der Waals surface area contributed by atoms with Gasteiger partial charge in [0.25, 0.3) is 0 Å². The van der Waals surface area contributed by atoms with Crippen LogP contribution in [0.1, 0.15) is 6.42 Å². The topological polar surface area (TPSA) is 47.7 Å². The Morgan fingerprint density at radius 3 is 2.44 bits per heavy atom. The Bertz CT molecular complexity index is 341. The number of methoxy groups -OCH3 is 2. The van der Waals surface area contributed by atoms with Gasteiger partial charge in [0.1, 0.15) is 5.82 Å². The predicted molar refractivity (Wildman–Crippen MR) is 71.4 cm³/mol. The molecule has 1 rings (SSSR count). The molecule has 102 valence electrons. The SMILES string of the molecule is COCCCN(CCOC)c1cc(N)cc(F)c1. The van der Waals surface area contributed by atoms with E-state index in [1.54, 1.807) is 20.3 Å². The molecule has 0 atom stereocenters. The number of ether oxygens (including phenoxy) is 2. The van der Waals surface area contributed by atoms with Gasteiger partial charge in [-0.1, -0.05) is 0 Å². The van der Waals surface area contributed by atoms with Crippen LogP contribution in [0.4, 0.5) is 15.8 Å². The molecule has 0 heterocycles. The average molecular weight is 256 g/mol. The lowest BCUT2D eigenvalue weighted by Crippen LogP contribution is -2.29. The molecule has 5 heteroatoms. The quantitative estimate of drug-likeness (QED) is 0.570. The highest BCUT2D eigenvalue weighted by Gasteiger charge is 2.08. The molecule has 0 amide bonds. The molecule has 0 aliphatic heterocycles. The number of halogens is 1. The molecule has 0 bridgehead atoms. The average Bonchev–Trinajstić information content (AvgIpc) is 2.32. The number of nitrogens with two attached hydrogens (primary N) is 1. The maximum atomic E-state index is 13.3. The summed E-state index contributed by atoms with van der Waals surface area (Å²) in [6.45, 7) is 2.74. The van der Waals surface area contributed by atoms with Crippen molar-refractivity contribution in [2.75, 3.05) is 51.2 Å². The van der Waals surface area contributed by atoms with Crippen LogP contribution in [0.3, 0.4) is 0 Å². The van der Waals surface area contributed by atoms with E-state index in [9.17, 15) is 4.39 Å². The Morgan fingerprint density at radius 2 is 1.83 bits per heavy atom. The molecular weight excluding hydrogens is 235 g/mol. The highest BCUT2D eigenvalue weighted by Crippen LogP contribution is 2.20. The number of nitrogens with zero attached hydrogens (tertiary/aromatic N) is 1. The minimum absolute atomic E-state index is 0.320. The minimum atomic E-state index is -0.320. The zero-order chi connectivity index (χ0) is 13.4. The Balaban J connectivity index is 2.72. The van der Waals surface area contributed by atoms with Crippen molar-refractivity contribution in [2.45, 2.75) is 6.42 Å². The van der Waals surface area contributed by atoms with Gasteiger partial charge in [-0.25, -0.2) is 4.39 Å². The molecule has 0 unspecified atom stereocenters. The maximum Gasteiger partial charge on any atom is 0.127 e. The first kappa shape index (κ1) is 14.7. The van der Waals surface area contributed by atoms with E-state index in [0.29, 0.717) is 25.4 Å². The van der Waals surface area contributed by atoms with Gasteiger partial charge in [-0.3, -0.25) is 0 Å². The molecule has 2 N–H and O–H groups in total. The summed E-state index contributed by atoms with van der Waals surface area (Å²) < 4.78 is 23.4. The number of anilines is 2. The van der Waals surface area contributed by atoms with Crippen molar-refractivity contribution >= 4 is 11.4 Å². The fourth-order valence-corrected chi connectivity index (χ4v) is 1.75. The zero-order valence-electron chi connectivity index (χ0n) is 11.0. The van der Waals surface area contributed by atoms with Gasteiger partial charge in [-0.05, 0) is 24.6 Å². The summed E-state index contributed by atoms with van der Waals surface area (Å²) in [5.74, 6) is -0.320. The van der Waals surface area contributed by atoms with E-state index in [-0.39, 0.29) is 5.82 Å². The Morgan fingerprint density at radius 1 is 1.11 bits per heavy atom. The van der Waals surface area contributed by atoms with Crippen LogP contribution >= 0.6 is 0 Å². The van der Waals surface area contributed by atoms with Crippen LogP contribution in [0.25, 0.3) is 0 Å². The van der Waals surface area contributed by atoms with E-state index >= 15 is 0 Å². The molecule has 0 aromatic heterocycles. The van der Waals surface area contributed by atoms with Gasteiger partial charge in [0.2, 0.25) is 0 Å². The fraction of sp³-hybridized carbons (Fsp3) is 0.538. The number of nitrogen functional groups attached to an aromatic ring is 1. The number of benzene rings is 1. The molecule has 0 aliphatic carbocycles. The van der Waals surface area contributed by atoms with Gasteiger partial charge in [0, 0.05) is 45.3 Å². The van der Waals surface area contributed by atoms with Crippen LogP contribution in [0.5, 0.6) is 0 Å². The molecule has 0 saturated carbocycles. The van der Waals surface area contributed by atoms with Crippen molar-refractivity contribution in [3.05, 3.63) is 24.0 Å². The van der Waals surface area contributed by atoms with Crippen molar-refractivity contribution in [1.29, 1.82) is 0 Å². The van der Waals surface area contributed by atoms with E-state index in [4.69, 9.17) is 15.2 Å². The Labute approximate surface area is 107 Å². The highest BCUT2D eigenvalue weighted by atomic mass is 19.1. The molecule has 1 aromatic carbocycles. The second-order valence-electron chi connectivity index (χ2n) is 4.07. The maximum absolute atomic E-state index is 13.3.